The van der Waals surface area contributed by atoms with E-state index in [4.69, 9.17) is 4.74 Å². The van der Waals surface area contributed by atoms with Crippen LogP contribution in [0, 0.1) is 0 Å². The quantitative estimate of drug-likeness (QED) is 0.541. The minimum absolute atomic E-state index is 0.838. The molecular formula is C10H13NO. The van der Waals surface area contributed by atoms with Gasteiger partial charge in [-0.25, -0.2) is 0 Å². The van der Waals surface area contributed by atoms with Gasteiger partial charge in [0.05, 0.1) is 6.61 Å². The standard InChI is InChI=1S/C10H13NO/c1-8-4-6-11-5-3-7-12-10(11)9(8)2/h4,6H,1,3,5,7H2,2H3. The van der Waals surface area contributed by atoms with Crippen LogP contribution >= 0.6 is 0 Å². The lowest BCUT2D eigenvalue weighted by molar-refractivity contribution is 0.0872. The van der Waals surface area contributed by atoms with Gasteiger partial charge in [-0.15, -0.1) is 0 Å². The van der Waals surface area contributed by atoms with Gasteiger partial charge < -0.3 is 9.64 Å². The van der Waals surface area contributed by atoms with Gasteiger partial charge in [0.1, 0.15) is 0 Å². The van der Waals surface area contributed by atoms with Gasteiger partial charge in [0.15, 0.2) is 5.88 Å². The highest BCUT2D eigenvalue weighted by Crippen LogP contribution is 2.26. The average molecular weight is 163 g/mol. The molecule has 2 heteroatoms. The largest absolute Gasteiger partial charge is 0.479 e. The van der Waals surface area contributed by atoms with Crippen molar-refractivity contribution in [3.8, 4) is 0 Å². The van der Waals surface area contributed by atoms with E-state index in [-0.39, 0.29) is 0 Å². The monoisotopic (exact) mass is 163 g/mol. The topological polar surface area (TPSA) is 12.5 Å². The molecule has 0 aliphatic carbocycles. The fourth-order valence-electron chi connectivity index (χ4n) is 1.50. The highest BCUT2D eigenvalue weighted by Gasteiger charge is 2.20. The molecule has 0 bridgehead atoms. The molecule has 0 aromatic heterocycles. The molecule has 2 heterocycles. The third-order valence-electron chi connectivity index (χ3n) is 2.30. The third-order valence-corrected chi connectivity index (χ3v) is 2.30. The molecule has 2 aliphatic rings. The lowest BCUT2D eigenvalue weighted by atomic mass is 10.1. The van der Waals surface area contributed by atoms with Gasteiger partial charge in [0.25, 0.3) is 0 Å². The van der Waals surface area contributed by atoms with Crippen molar-refractivity contribution in [1.82, 2.24) is 4.90 Å². The molecule has 12 heavy (non-hydrogen) atoms. The average Bonchev–Trinajstić information content (AvgIpc) is 2.12. The molecule has 0 aromatic rings. The van der Waals surface area contributed by atoms with Crippen LogP contribution in [-0.4, -0.2) is 18.1 Å². The van der Waals surface area contributed by atoms with E-state index in [0.29, 0.717) is 0 Å². The normalized spacial score (nSPS) is 22.4. The number of hydrogen-bond donors (Lipinski definition) is 0. The smallest absolute Gasteiger partial charge is 0.196 e. The number of nitrogens with zero attached hydrogens (tertiary/aromatic N) is 1. The summed E-state index contributed by atoms with van der Waals surface area (Å²) < 4.78 is 5.56. The van der Waals surface area contributed by atoms with Gasteiger partial charge in [-0.2, -0.15) is 0 Å². The molecule has 0 N–H and O–H groups in total. The zero-order chi connectivity index (χ0) is 8.55. The molecule has 1 fully saturated rings. The van der Waals surface area contributed by atoms with Crippen molar-refractivity contribution >= 4 is 0 Å². The van der Waals surface area contributed by atoms with Crippen molar-refractivity contribution < 1.29 is 4.74 Å². The Hall–Kier alpha value is -1.18. The van der Waals surface area contributed by atoms with Crippen molar-refractivity contribution in [2.24, 2.45) is 0 Å². The van der Waals surface area contributed by atoms with E-state index in [9.17, 15) is 0 Å². The molecule has 2 aliphatic heterocycles. The molecule has 0 unspecified atom stereocenters. The first-order valence-electron chi connectivity index (χ1n) is 4.27. The maximum atomic E-state index is 5.56. The van der Waals surface area contributed by atoms with Gasteiger partial charge in [-0.1, -0.05) is 6.58 Å². The van der Waals surface area contributed by atoms with Crippen LogP contribution < -0.4 is 0 Å². The highest BCUT2D eigenvalue weighted by atomic mass is 16.5. The molecule has 0 saturated carbocycles. The summed E-state index contributed by atoms with van der Waals surface area (Å²) in [4.78, 5) is 2.15. The first kappa shape index (κ1) is 7.47. The fraction of sp³-hybridized carbons (Fsp3) is 0.400. The molecular weight excluding hydrogens is 150 g/mol. The summed E-state index contributed by atoms with van der Waals surface area (Å²) in [6, 6.07) is 0. The van der Waals surface area contributed by atoms with Crippen LogP contribution in [0.15, 0.2) is 35.9 Å². The molecule has 0 spiro atoms. The minimum Gasteiger partial charge on any atom is -0.479 e. The first-order chi connectivity index (χ1) is 5.79. The van der Waals surface area contributed by atoms with Crippen LogP contribution in [0.25, 0.3) is 0 Å². The van der Waals surface area contributed by atoms with E-state index in [1.54, 1.807) is 0 Å². The molecule has 64 valence electrons. The van der Waals surface area contributed by atoms with E-state index in [2.05, 4.69) is 18.4 Å². The maximum absolute atomic E-state index is 5.56. The summed E-state index contributed by atoms with van der Waals surface area (Å²) in [6.07, 6.45) is 5.19. The van der Waals surface area contributed by atoms with Gasteiger partial charge in [0.2, 0.25) is 0 Å². The maximum Gasteiger partial charge on any atom is 0.196 e. The Morgan fingerprint density at radius 3 is 3.25 bits per heavy atom. The Bertz CT molecular complexity index is 276. The molecule has 0 aromatic carbocycles. The van der Waals surface area contributed by atoms with E-state index >= 15 is 0 Å². The Kier molecular flexibility index (Phi) is 1.68. The summed E-state index contributed by atoms with van der Waals surface area (Å²) in [5.74, 6) is 0.994. The van der Waals surface area contributed by atoms with Crippen LogP contribution in [-0.2, 0) is 4.74 Å². The van der Waals surface area contributed by atoms with Gasteiger partial charge in [-0.05, 0) is 25.0 Å². The first-order valence-corrected chi connectivity index (χ1v) is 4.27. The van der Waals surface area contributed by atoms with E-state index < -0.39 is 0 Å². The zero-order valence-electron chi connectivity index (χ0n) is 7.34. The van der Waals surface area contributed by atoms with Crippen molar-refractivity contribution in [2.45, 2.75) is 13.3 Å². The SMILES string of the molecule is C=C1C=CN2CCCOC2=C1C. The van der Waals surface area contributed by atoms with Crippen LogP contribution in [0.3, 0.4) is 0 Å². The van der Waals surface area contributed by atoms with Crippen molar-refractivity contribution in [3.63, 3.8) is 0 Å². The number of ether oxygens (including phenoxy) is 1. The molecule has 2 nitrogen and oxygen atoms in total. The Labute approximate surface area is 72.8 Å². The van der Waals surface area contributed by atoms with Crippen molar-refractivity contribution in [3.05, 3.63) is 35.9 Å². The Balaban J connectivity index is 2.33. The second-order valence-corrected chi connectivity index (χ2v) is 3.17. The van der Waals surface area contributed by atoms with Gasteiger partial charge >= 0.3 is 0 Å². The van der Waals surface area contributed by atoms with Gasteiger partial charge in [0, 0.05) is 18.3 Å². The van der Waals surface area contributed by atoms with E-state index in [1.165, 1.54) is 0 Å². The van der Waals surface area contributed by atoms with Crippen LogP contribution in [0.2, 0.25) is 0 Å². The second kappa shape index (κ2) is 2.70. The summed E-state index contributed by atoms with van der Waals surface area (Å²) in [5, 5.41) is 0. The molecule has 0 amide bonds. The minimum atomic E-state index is 0.838. The zero-order valence-corrected chi connectivity index (χ0v) is 7.34. The number of fused-ring (bicyclic) bond motifs is 1. The van der Waals surface area contributed by atoms with Crippen LogP contribution in [0.5, 0.6) is 0 Å². The number of rotatable bonds is 0. The van der Waals surface area contributed by atoms with E-state index in [1.807, 2.05) is 12.3 Å². The molecule has 2 rings (SSSR count). The predicted octanol–water partition coefficient (Wildman–Crippen LogP) is 2.02. The summed E-state index contributed by atoms with van der Waals surface area (Å²) in [7, 11) is 0. The van der Waals surface area contributed by atoms with Gasteiger partial charge in [-0.3, -0.25) is 0 Å². The number of allylic oxidation sites excluding steroid dienone is 3. The highest BCUT2D eigenvalue weighted by molar-refractivity contribution is 5.41. The van der Waals surface area contributed by atoms with E-state index in [0.717, 1.165) is 36.6 Å². The lowest BCUT2D eigenvalue weighted by Gasteiger charge is -2.32. The van der Waals surface area contributed by atoms with Crippen molar-refractivity contribution in [1.29, 1.82) is 0 Å². The lowest BCUT2D eigenvalue weighted by Crippen LogP contribution is -2.29. The Morgan fingerprint density at radius 1 is 1.58 bits per heavy atom. The summed E-state index contributed by atoms with van der Waals surface area (Å²) in [6.45, 7) is 7.89. The molecule has 1 saturated heterocycles. The summed E-state index contributed by atoms with van der Waals surface area (Å²) in [5.41, 5.74) is 2.22. The molecule has 0 atom stereocenters. The molecule has 0 radical (unpaired) electrons. The third kappa shape index (κ3) is 1.04. The second-order valence-electron chi connectivity index (χ2n) is 3.17. The fourth-order valence-corrected chi connectivity index (χ4v) is 1.50. The van der Waals surface area contributed by atoms with Crippen LogP contribution in [0.1, 0.15) is 13.3 Å². The van der Waals surface area contributed by atoms with Crippen molar-refractivity contribution in [2.75, 3.05) is 13.2 Å². The van der Waals surface area contributed by atoms with Crippen LogP contribution in [0.4, 0.5) is 0 Å². The number of hydrogen-bond acceptors (Lipinski definition) is 2. The summed E-state index contributed by atoms with van der Waals surface area (Å²) >= 11 is 0. The predicted molar refractivity (Wildman–Crippen MR) is 48.3 cm³/mol. The Morgan fingerprint density at radius 2 is 2.42 bits per heavy atom.